The molecular weight excluding hydrogens is 272 g/mol. The van der Waals surface area contributed by atoms with E-state index in [1.54, 1.807) is 0 Å². The number of piperidine rings is 1. The summed E-state index contributed by atoms with van der Waals surface area (Å²) < 4.78 is 5.36. The molecule has 0 radical (unpaired) electrons. The molecule has 1 heterocycles. The minimum absolute atomic E-state index is 0.203. The van der Waals surface area contributed by atoms with Crippen molar-refractivity contribution in [2.45, 2.75) is 26.2 Å². The summed E-state index contributed by atoms with van der Waals surface area (Å²) in [5.41, 5.74) is 0.734. The molecule has 2 rings (SSSR count). The van der Waals surface area contributed by atoms with Gasteiger partial charge in [-0.05, 0) is 50.5 Å². The Balaban J connectivity index is 1.91. The summed E-state index contributed by atoms with van der Waals surface area (Å²) >= 11 is 5.25. The number of likely N-dealkylation sites (tertiary alicyclic amines) is 1. The highest BCUT2D eigenvalue weighted by Gasteiger charge is 2.19. The zero-order chi connectivity index (χ0) is 14.4. The van der Waals surface area contributed by atoms with E-state index in [4.69, 9.17) is 17.0 Å². The molecular formula is C15H20N2O2S. The van der Waals surface area contributed by atoms with Crippen molar-refractivity contribution in [2.24, 2.45) is 0 Å². The lowest BCUT2D eigenvalue weighted by atomic mass is 10.1. The highest BCUT2D eigenvalue weighted by molar-refractivity contribution is 7.82. The number of thiocarbonyl (C=S) groups is 1. The van der Waals surface area contributed by atoms with Crippen LogP contribution in [0.25, 0.3) is 0 Å². The van der Waals surface area contributed by atoms with Crippen molar-refractivity contribution in [1.82, 2.24) is 4.90 Å². The molecule has 1 aromatic carbocycles. The van der Waals surface area contributed by atoms with Gasteiger partial charge in [0.1, 0.15) is 5.75 Å². The van der Waals surface area contributed by atoms with Crippen LogP contribution < -0.4 is 10.1 Å². The van der Waals surface area contributed by atoms with Gasteiger partial charge >= 0.3 is 0 Å². The van der Waals surface area contributed by atoms with Crippen LogP contribution in [0, 0.1) is 0 Å². The van der Waals surface area contributed by atoms with E-state index in [1.807, 2.05) is 36.1 Å². The Morgan fingerprint density at radius 1 is 1.25 bits per heavy atom. The van der Waals surface area contributed by atoms with Crippen molar-refractivity contribution >= 4 is 28.8 Å². The second-order valence-corrected chi connectivity index (χ2v) is 5.15. The van der Waals surface area contributed by atoms with E-state index in [1.165, 1.54) is 6.42 Å². The topological polar surface area (TPSA) is 41.6 Å². The van der Waals surface area contributed by atoms with Crippen LogP contribution in [-0.4, -0.2) is 35.5 Å². The van der Waals surface area contributed by atoms with Crippen LogP contribution in [0.15, 0.2) is 24.3 Å². The molecule has 1 saturated heterocycles. The van der Waals surface area contributed by atoms with Gasteiger partial charge in [0.2, 0.25) is 0 Å². The van der Waals surface area contributed by atoms with Gasteiger partial charge in [-0.15, -0.1) is 0 Å². The fraction of sp³-hybridized carbons (Fsp3) is 0.467. The Morgan fingerprint density at radius 3 is 2.50 bits per heavy atom. The number of carbonyl (C=O) groups is 1. The van der Waals surface area contributed by atoms with Crippen LogP contribution in [-0.2, 0) is 4.79 Å². The normalized spacial score (nSPS) is 14.8. The first-order valence-electron chi connectivity index (χ1n) is 7.04. The standard InChI is InChI=1S/C15H20N2O2S/c1-2-19-13-8-6-12(7-9-13)16-14(18)15(20)17-10-4-3-5-11-17/h6-9H,2-5,10-11H2,1H3,(H,16,18). The van der Waals surface area contributed by atoms with Crippen LogP contribution >= 0.6 is 12.2 Å². The number of benzene rings is 1. The molecule has 0 aliphatic carbocycles. The van der Waals surface area contributed by atoms with E-state index in [9.17, 15) is 4.79 Å². The third-order valence-corrected chi connectivity index (χ3v) is 3.70. The maximum Gasteiger partial charge on any atom is 0.283 e. The van der Waals surface area contributed by atoms with E-state index in [0.717, 1.165) is 37.4 Å². The maximum atomic E-state index is 12.1. The predicted molar refractivity (Wildman–Crippen MR) is 84.3 cm³/mol. The van der Waals surface area contributed by atoms with E-state index in [2.05, 4.69) is 5.32 Å². The molecule has 0 spiro atoms. The second-order valence-electron chi connectivity index (χ2n) is 4.76. The number of amides is 1. The van der Waals surface area contributed by atoms with Crippen molar-refractivity contribution in [3.8, 4) is 5.75 Å². The molecule has 1 aliphatic rings. The van der Waals surface area contributed by atoms with E-state index in [-0.39, 0.29) is 5.91 Å². The highest BCUT2D eigenvalue weighted by Crippen LogP contribution is 2.16. The minimum atomic E-state index is -0.203. The largest absolute Gasteiger partial charge is 0.494 e. The number of nitrogens with zero attached hydrogens (tertiary/aromatic N) is 1. The Morgan fingerprint density at radius 2 is 1.90 bits per heavy atom. The molecule has 1 amide bonds. The predicted octanol–water partition coefficient (Wildman–Crippen LogP) is 2.84. The molecule has 1 aliphatic heterocycles. The number of carbonyl (C=O) groups excluding carboxylic acids is 1. The highest BCUT2D eigenvalue weighted by atomic mass is 32.1. The van der Waals surface area contributed by atoms with Crippen molar-refractivity contribution < 1.29 is 9.53 Å². The summed E-state index contributed by atoms with van der Waals surface area (Å²) in [6.07, 6.45) is 3.44. The van der Waals surface area contributed by atoms with Gasteiger partial charge in [-0.1, -0.05) is 12.2 Å². The van der Waals surface area contributed by atoms with E-state index in [0.29, 0.717) is 11.6 Å². The molecule has 0 unspecified atom stereocenters. The minimum Gasteiger partial charge on any atom is -0.494 e. The molecule has 108 valence electrons. The number of rotatable bonds is 3. The number of ether oxygens (including phenoxy) is 1. The molecule has 0 saturated carbocycles. The Labute approximate surface area is 125 Å². The quantitative estimate of drug-likeness (QED) is 0.870. The molecule has 4 nitrogen and oxygen atoms in total. The summed E-state index contributed by atoms with van der Waals surface area (Å²) in [4.78, 5) is 14.5. The third-order valence-electron chi connectivity index (χ3n) is 3.26. The first kappa shape index (κ1) is 14.8. The van der Waals surface area contributed by atoms with Crippen molar-refractivity contribution in [3.05, 3.63) is 24.3 Å². The lowest BCUT2D eigenvalue weighted by molar-refractivity contribution is -0.110. The van der Waals surface area contributed by atoms with Gasteiger partial charge in [0.05, 0.1) is 6.61 Å². The molecule has 1 aromatic rings. The van der Waals surface area contributed by atoms with Crippen molar-refractivity contribution in [3.63, 3.8) is 0 Å². The zero-order valence-electron chi connectivity index (χ0n) is 11.7. The van der Waals surface area contributed by atoms with Gasteiger partial charge in [0.15, 0.2) is 4.99 Å². The lowest BCUT2D eigenvalue weighted by Crippen LogP contribution is -2.41. The Bertz CT molecular complexity index is 467. The number of nitrogens with one attached hydrogen (secondary N) is 1. The SMILES string of the molecule is CCOc1ccc(NC(=O)C(=S)N2CCCCC2)cc1. The number of anilines is 1. The Hall–Kier alpha value is -1.62. The first-order valence-corrected chi connectivity index (χ1v) is 7.44. The summed E-state index contributed by atoms with van der Waals surface area (Å²) in [6.45, 7) is 4.34. The molecule has 0 atom stereocenters. The zero-order valence-corrected chi connectivity index (χ0v) is 12.5. The average Bonchev–Trinajstić information content (AvgIpc) is 2.49. The van der Waals surface area contributed by atoms with Crippen molar-refractivity contribution in [1.29, 1.82) is 0 Å². The smallest absolute Gasteiger partial charge is 0.283 e. The van der Waals surface area contributed by atoms with Crippen LogP contribution in [0.4, 0.5) is 5.69 Å². The van der Waals surface area contributed by atoms with Crippen LogP contribution in [0.5, 0.6) is 5.75 Å². The van der Waals surface area contributed by atoms with Gasteiger partial charge < -0.3 is 15.0 Å². The summed E-state index contributed by atoms with van der Waals surface area (Å²) in [5, 5.41) is 2.83. The third kappa shape index (κ3) is 3.93. The molecule has 1 fully saturated rings. The molecule has 0 aromatic heterocycles. The van der Waals surface area contributed by atoms with E-state index < -0.39 is 0 Å². The van der Waals surface area contributed by atoms with Crippen LogP contribution in [0.2, 0.25) is 0 Å². The second kappa shape index (κ2) is 7.24. The van der Waals surface area contributed by atoms with Gasteiger partial charge in [-0.2, -0.15) is 0 Å². The van der Waals surface area contributed by atoms with Gasteiger partial charge in [-0.25, -0.2) is 0 Å². The van der Waals surface area contributed by atoms with Crippen LogP contribution in [0.1, 0.15) is 26.2 Å². The fourth-order valence-electron chi connectivity index (χ4n) is 2.23. The Kier molecular flexibility index (Phi) is 5.35. The lowest BCUT2D eigenvalue weighted by Gasteiger charge is -2.28. The molecule has 20 heavy (non-hydrogen) atoms. The number of hydrogen-bond acceptors (Lipinski definition) is 3. The monoisotopic (exact) mass is 292 g/mol. The maximum absolute atomic E-state index is 12.1. The average molecular weight is 292 g/mol. The summed E-state index contributed by atoms with van der Waals surface area (Å²) in [7, 11) is 0. The van der Waals surface area contributed by atoms with Gasteiger partial charge in [-0.3, -0.25) is 4.79 Å². The van der Waals surface area contributed by atoms with Gasteiger partial charge in [0.25, 0.3) is 5.91 Å². The van der Waals surface area contributed by atoms with Crippen LogP contribution in [0.3, 0.4) is 0 Å². The van der Waals surface area contributed by atoms with Crippen molar-refractivity contribution in [2.75, 3.05) is 25.0 Å². The van der Waals surface area contributed by atoms with Gasteiger partial charge in [0, 0.05) is 18.8 Å². The molecule has 0 bridgehead atoms. The number of hydrogen-bond donors (Lipinski definition) is 1. The molecule has 1 N–H and O–H groups in total. The fourth-order valence-corrected chi connectivity index (χ4v) is 2.46. The summed E-state index contributed by atoms with van der Waals surface area (Å²) in [5.74, 6) is 0.593. The molecule has 5 heteroatoms. The summed E-state index contributed by atoms with van der Waals surface area (Å²) in [6, 6.07) is 7.32. The first-order chi connectivity index (χ1) is 9.70. The van der Waals surface area contributed by atoms with E-state index >= 15 is 0 Å².